The topological polar surface area (TPSA) is 64.0 Å². The molecule has 0 saturated carbocycles. The average molecular weight is 542 g/mol. The van der Waals surface area contributed by atoms with E-state index in [1.54, 1.807) is 13.1 Å². The fraction of sp³-hybridized carbons (Fsp3) is 0.240. The lowest BCUT2D eigenvalue weighted by atomic mass is 10.1. The third-order valence-corrected chi connectivity index (χ3v) is 6.62. The first kappa shape index (κ1) is 24.0. The molecule has 1 fully saturated rings. The number of nitrogens with zero attached hydrogens (tertiary/aromatic N) is 3. The van der Waals surface area contributed by atoms with Crippen molar-refractivity contribution in [3.05, 3.63) is 70.0 Å². The highest BCUT2D eigenvalue weighted by Crippen LogP contribution is 2.30. The zero-order valence-electron chi connectivity index (χ0n) is 19.1. The maximum Gasteiger partial charge on any atom is 0.325 e. The van der Waals surface area contributed by atoms with Crippen molar-refractivity contribution in [3.8, 4) is 5.75 Å². The summed E-state index contributed by atoms with van der Waals surface area (Å²) < 4.78 is 13.7. The van der Waals surface area contributed by atoms with Crippen molar-refractivity contribution >= 4 is 62.1 Å². The number of thiocarbonyl (C=S) groups is 1. The van der Waals surface area contributed by atoms with Crippen LogP contribution in [0.4, 0.5) is 0 Å². The Bertz CT molecular complexity index is 1300. The Morgan fingerprint density at radius 3 is 2.62 bits per heavy atom. The first-order valence-corrected chi connectivity index (χ1v) is 11.8. The Balaban J connectivity index is 1.66. The maximum absolute atomic E-state index is 12.9. The molecule has 1 aliphatic rings. The van der Waals surface area contributed by atoms with E-state index in [0.29, 0.717) is 18.8 Å². The molecular weight excluding hydrogens is 518 g/mol. The SMILES string of the molecule is COC(=O)CN1C(=S)N(C)C(=O)/C1=C/c1cn(CCOc2ccc(C)cc2)c2ccc(Br)cc12. The van der Waals surface area contributed by atoms with Crippen LogP contribution in [0.3, 0.4) is 0 Å². The second-order valence-electron chi connectivity index (χ2n) is 7.94. The number of methoxy groups -OCH3 is 1. The largest absolute Gasteiger partial charge is 0.492 e. The van der Waals surface area contributed by atoms with Crippen molar-refractivity contribution in [1.29, 1.82) is 0 Å². The number of amides is 1. The number of ether oxygens (including phenoxy) is 2. The number of hydrogen-bond donors (Lipinski definition) is 0. The van der Waals surface area contributed by atoms with E-state index in [1.165, 1.54) is 22.5 Å². The molecule has 7 nitrogen and oxygen atoms in total. The van der Waals surface area contributed by atoms with Crippen LogP contribution in [-0.2, 0) is 20.9 Å². The fourth-order valence-corrected chi connectivity index (χ4v) is 4.39. The number of carbonyl (C=O) groups excluding carboxylic acids is 2. The first-order chi connectivity index (χ1) is 16.3. The van der Waals surface area contributed by atoms with Crippen LogP contribution in [0.5, 0.6) is 5.75 Å². The lowest BCUT2D eigenvalue weighted by Crippen LogP contribution is -2.33. The van der Waals surface area contributed by atoms with Gasteiger partial charge in [0.15, 0.2) is 5.11 Å². The molecule has 1 amide bonds. The smallest absolute Gasteiger partial charge is 0.325 e. The monoisotopic (exact) mass is 541 g/mol. The molecule has 34 heavy (non-hydrogen) atoms. The summed E-state index contributed by atoms with van der Waals surface area (Å²) in [5, 5.41) is 1.22. The number of halogens is 1. The van der Waals surface area contributed by atoms with Crippen molar-refractivity contribution in [2.75, 3.05) is 27.3 Å². The molecule has 2 heterocycles. The van der Waals surface area contributed by atoms with Crippen LogP contribution in [0.15, 0.2) is 58.8 Å². The summed E-state index contributed by atoms with van der Waals surface area (Å²) in [5.41, 5.74) is 3.35. The van der Waals surface area contributed by atoms with E-state index in [2.05, 4.69) is 20.5 Å². The molecule has 0 aliphatic carbocycles. The van der Waals surface area contributed by atoms with Crippen molar-refractivity contribution in [1.82, 2.24) is 14.4 Å². The summed E-state index contributed by atoms with van der Waals surface area (Å²) in [5.74, 6) is 0.0704. The minimum absolute atomic E-state index is 0.135. The molecule has 0 bridgehead atoms. The van der Waals surface area contributed by atoms with Crippen LogP contribution in [0, 0.1) is 6.92 Å². The quantitative estimate of drug-likeness (QED) is 0.251. The van der Waals surface area contributed by atoms with Gasteiger partial charge in [-0.05, 0) is 55.5 Å². The molecule has 0 N–H and O–H groups in total. The Labute approximate surface area is 211 Å². The van der Waals surface area contributed by atoms with Gasteiger partial charge in [-0.3, -0.25) is 14.5 Å². The summed E-state index contributed by atoms with van der Waals surface area (Å²) in [4.78, 5) is 27.7. The molecule has 0 spiro atoms. The normalized spacial score (nSPS) is 15.0. The van der Waals surface area contributed by atoms with Crippen LogP contribution in [-0.4, -0.2) is 58.7 Å². The number of hydrogen-bond acceptors (Lipinski definition) is 5. The van der Waals surface area contributed by atoms with Gasteiger partial charge < -0.3 is 18.9 Å². The van der Waals surface area contributed by atoms with Crippen molar-refractivity contribution in [2.45, 2.75) is 13.5 Å². The predicted octanol–water partition coefficient (Wildman–Crippen LogP) is 4.36. The molecule has 176 valence electrons. The van der Waals surface area contributed by atoms with Crippen LogP contribution in [0.2, 0.25) is 0 Å². The van der Waals surface area contributed by atoms with Crippen LogP contribution in [0.25, 0.3) is 17.0 Å². The number of benzene rings is 2. The van der Waals surface area contributed by atoms with Gasteiger partial charge in [0.05, 0.1) is 13.7 Å². The van der Waals surface area contributed by atoms with E-state index in [-0.39, 0.29) is 17.6 Å². The first-order valence-electron chi connectivity index (χ1n) is 10.6. The zero-order chi connectivity index (χ0) is 24.4. The van der Waals surface area contributed by atoms with Crippen LogP contribution in [0.1, 0.15) is 11.1 Å². The van der Waals surface area contributed by atoms with Gasteiger partial charge in [-0.25, -0.2) is 0 Å². The minimum atomic E-state index is -0.477. The summed E-state index contributed by atoms with van der Waals surface area (Å²) in [6.45, 7) is 3.01. The van der Waals surface area contributed by atoms with Gasteiger partial charge in [-0.2, -0.15) is 0 Å². The lowest BCUT2D eigenvalue weighted by molar-refractivity contribution is -0.140. The van der Waals surface area contributed by atoms with Gasteiger partial charge in [0.2, 0.25) is 0 Å². The van der Waals surface area contributed by atoms with Gasteiger partial charge >= 0.3 is 5.97 Å². The van der Waals surface area contributed by atoms with Crippen LogP contribution < -0.4 is 4.74 Å². The molecule has 0 unspecified atom stereocenters. The third-order valence-electron chi connectivity index (χ3n) is 5.64. The molecule has 3 aromatic rings. The molecular formula is C25H24BrN3O4S. The van der Waals surface area contributed by atoms with Gasteiger partial charge in [0.1, 0.15) is 24.6 Å². The number of aromatic nitrogens is 1. The molecule has 0 radical (unpaired) electrons. The molecule has 0 atom stereocenters. The van der Waals surface area contributed by atoms with Crippen molar-refractivity contribution in [3.63, 3.8) is 0 Å². The Morgan fingerprint density at radius 1 is 1.18 bits per heavy atom. The highest BCUT2D eigenvalue weighted by Gasteiger charge is 2.37. The minimum Gasteiger partial charge on any atom is -0.492 e. The number of carbonyl (C=O) groups is 2. The summed E-state index contributed by atoms with van der Waals surface area (Å²) in [6, 6.07) is 13.9. The van der Waals surface area contributed by atoms with Crippen molar-refractivity contribution in [2.24, 2.45) is 0 Å². The van der Waals surface area contributed by atoms with E-state index in [0.717, 1.165) is 26.7 Å². The molecule has 1 aliphatic heterocycles. The number of fused-ring (bicyclic) bond motifs is 1. The molecule has 2 aromatic carbocycles. The second kappa shape index (κ2) is 9.99. The standard InChI is InChI=1S/C25H24BrN3O4S/c1-16-4-7-19(8-5-16)33-11-10-28-14-17(20-13-18(26)6-9-21(20)28)12-22-24(31)27(2)25(34)29(22)15-23(30)32-3/h4-9,12-14H,10-11,15H2,1-3H3/b22-12-. The van der Waals surface area contributed by atoms with Gasteiger partial charge in [-0.15, -0.1) is 0 Å². The zero-order valence-corrected chi connectivity index (χ0v) is 21.5. The Hall–Kier alpha value is -3.17. The van der Waals surface area contributed by atoms with Crippen molar-refractivity contribution < 1.29 is 19.1 Å². The highest BCUT2D eigenvalue weighted by atomic mass is 79.9. The Kier molecular flexibility index (Phi) is 7.04. The van der Waals surface area contributed by atoms with Gasteiger partial charge in [-0.1, -0.05) is 33.6 Å². The summed E-state index contributed by atoms with van der Waals surface area (Å²) >= 11 is 8.93. The van der Waals surface area contributed by atoms with E-state index in [1.807, 2.05) is 55.6 Å². The lowest BCUT2D eigenvalue weighted by Gasteiger charge is -2.16. The summed E-state index contributed by atoms with van der Waals surface area (Å²) in [7, 11) is 2.90. The average Bonchev–Trinajstić information content (AvgIpc) is 3.25. The predicted molar refractivity (Wildman–Crippen MR) is 138 cm³/mol. The molecule has 4 rings (SSSR count). The summed E-state index contributed by atoms with van der Waals surface area (Å²) in [6.07, 6.45) is 3.75. The highest BCUT2D eigenvalue weighted by molar-refractivity contribution is 9.10. The number of likely N-dealkylation sites (N-methyl/N-ethyl adjacent to an activating group) is 1. The number of esters is 1. The van der Waals surface area contributed by atoms with E-state index >= 15 is 0 Å². The third kappa shape index (κ3) is 4.85. The number of aryl methyl sites for hydroxylation is 1. The van der Waals surface area contributed by atoms with E-state index in [4.69, 9.17) is 21.7 Å². The molecule has 1 aromatic heterocycles. The Morgan fingerprint density at radius 2 is 1.91 bits per heavy atom. The van der Waals surface area contributed by atoms with Gasteiger partial charge in [0, 0.05) is 34.2 Å². The number of rotatable bonds is 7. The van der Waals surface area contributed by atoms with E-state index in [9.17, 15) is 9.59 Å². The second-order valence-corrected chi connectivity index (χ2v) is 9.22. The molecule has 1 saturated heterocycles. The van der Waals surface area contributed by atoms with Gasteiger partial charge in [0.25, 0.3) is 5.91 Å². The van der Waals surface area contributed by atoms with Crippen LogP contribution >= 0.6 is 28.1 Å². The fourth-order valence-electron chi connectivity index (χ4n) is 3.78. The molecule has 9 heteroatoms. The maximum atomic E-state index is 12.9. The van der Waals surface area contributed by atoms with E-state index < -0.39 is 5.97 Å².